The molecule has 0 unspecified atom stereocenters. The molecule has 0 radical (unpaired) electrons. The zero-order chi connectivity index (χ0) is 6.81. The van der Waals surface area contributed by atoms with Crippen LogP contribution in [0.1, 0.15) is 18.0 Å². The van der Waals surface area contributed by atoms with Gasteiger partial charge >= 0.3 is 0 Å². The quantitative estimate of drug-likeness (QED) is 0.622. The molecule has 1 aliphatic heterocycles. The van der Waals surface area contributed by atoms with E-state index in [0.29, 0.717) is 6.04 Å². The van der Waals surface area contributed by atoms with E-state index in [0.717, 1.165) is 6.54 Å². The molecule has 0 bridgehead atoms. The Kier molecular flexibility index (Phi) is 1.40. The molecule has 1 saturated heterocycles. The van der Waals surface area contributed by atoms with Gasteiger partial charge in [0, 0.05) is 18.4 Å². The molecule has 2 nitrogen and oxygen atoms in total. The van der Waals surface area contributed by atoms with Crippen molar-refractivity contribution in [2.45, 2.75) is 12.5 Å². The van der Waals surface area contributed by atoms with Gasteiger partial charge in [0.1, 0.15) is 0 Å². The number of pyridine rings is 1. The van der Waals surface area contributed by atoms with E-state index in [-0.39, 0.29) is 0 Å². The summed E-state index contributed by atoms with van der Waals surface area (Å²) in [6.07, 6.45) is 4.99. The Morgan fingerprint density at radius 2 is 2.50 bits per heavy atom. The summed E-state index contributed by atoms with van der Waals surface area (Å²) < 4.78 is 0. The van der Waals surface area contributed by atoms with Crippen LogP contribution in [0, 0.1) is 0 Å². The Morgan fingerprint density at radius 3 is 3.00 bits per heavy atom. The molecule has 0 spiro atoms. The van der Waals surface area contributed by atoms with Gasteiger partial charge in [-0.1, -0.05) is 6.07 Å². The van der Waals surface area contributed by atoms with Crippen molar-refractivity contribution in [3.8, 4) is 0 Å². The maximum atomic E-state index is 4.05. The molecule has 1 N–H and O–H groups in total. The molecule has 2 heteroatoms. The van der Waals surface area contributed by atoms with Crippen LogP contribution in [-0.2, 0) is 0 Å². The number of hydrogen-bond acceptors (Lipinski definition) is 2. The molecular weight excluding hydrogens is 124 g/mol. The zero-order valence-corrected chi connectivity index (χ0v) is 5.75. The lowest BCUT2D eigenvalue weighted by atomic mass is 10.0. The lowest BCUT2D eigenvalue weighted by Crippen LogP contribution is -2.34. The predicted octanol–water partition coefficient (Wildman–Crippen LogP) is 1.12. The van der Waals surface area contributed by atoms with Gasteiger partial charge < -0.3 is 5.32 Å². The summed E-state index contributed by atoms with van der Waals surface area (Å²) in [5.74, 6) is 0. The van der Waals surface area contributed by atoms with Gasteiger partial charge in [-0.3, -0.25) is 4.98 Å². The van der Waals surface area contributed by atoms with Gasteiger partial charge in [0.25, 0.3) is 0 Å². The van der Waals surface area contributed by atoms with Crippen LogP contribution >= 0.6 is 0 Å². The molecule has 0 aliphatic carbocycles. The largest absolute Gasteiger partial charge is 0.310 e. The van der Waals surface area contributed by atoms with Crippen molar-refractivity contribution in [1.29, 1.82) is 0 Å². The Bertz CT molecular complexity index is 204. The number of nitrogens with zero attached hydrogens (tertiary/aromatic N) is 1. The van der Waals surface area contributed by atoms with E-state index >= 15 is 0 Å². The molecule has 1 aromatic heterocycles. The third-order valence-electron chi connectivity index (χ3n) is 1.91. The van der Waals surface area contributed by atoms with Crippen LogP contribution < -0.4 is 5.32 Å². The first-order chi connectivity index (χ1) is 4.97. The third kappa shape index (κ3) is 0.907. The minimum absolute atomic E-state index is 0.577. The highest BCUT2D eigenvalue weighted by atomic mass is 15.0. The number of rotatable bonds is 1. The fourth-order valence-corrected chi connectivity index (χ4v) is 1.16. The fourth-order valence-electron chi connectivity index (χ4n) is 1.16. The summed E-state index contributed by atoms with van der Waals surface area (Å²) in [5, 5.41) is 3.32. The van der Waals surface area contributed by atoms with E-state index in [1.165, 1.54) is 12.0 Å². The Balaban J connectivity index is 2.18. The summed E-state index contributed by atoms with van der Waals surface area (Å²) in [6.45, 7) is 1.15. The van der Waals surface area contributed by atoms with Crippen LogP contribution in [0.2, 0.25) is 0 Å². The monoisotopic (exact) mass is 134 g/mol. The maximum Gasteiger partial charge on any atom is 0.0347 e. The topological polar surface area (TPSA) is 24.9 Å². The summed E-state index contributed by atoms with van der Waals surface area (Å²) in [5.41, 5.74) is 1.31. The van der Waals surface area contributed by atoms with Crippen LogP contribution in [0.3, 0.4) is 0 Å². The number of aromatic nitrogens is 1. The van der Waals surface area contributed by atoms with Gasteiger partial charge in [-0.2, -0.15) is 0 Å². The van der Waals surface area contributed by atoms with Crippen LogP contribution in [0.25, 0.3) is 0 Å². The second kappa shape index (κ2) is 2.39. The lowest BCUT2D eigenvalue weighted by Gasteiger charge is -2.27. The van der Waals surface area contributed by atoms with Crippen molar-refractivity contribution in [3.05, 3.63) is 30.1 Å². The highest BCUT2D eigenvalue weighted by Gasteiger charge is 2.17. The van der Waals surface area contributed by atoms with Crippen molar-refractivity contribution in [2.24, 2.45) is 0 Å². The van der Waals surface area contributed by atoms with Crippen LogP contribution in [0.4, 0.5) is 0 Å². The minimum Gasteiger partial charge on any atom is -0.310 e. The SMILES string of the molecule is c1cncc([C@H]2CCN2)c1. The van der Waals surface area contributed by atoms with E-state index < -0.39 is 0 Å². The van der Waals surface area contributed by atoms with E-state index in [1.807, 2.05) is 18.5 Å². The average molecular weight is 134 g/mol. The first-order valence-corrected chi connectivity index (χ1v) is 3.60. The first-order valence-electron chi connectivity index (χ1n) is 3.60. The number of hydrogen-bond donors (Lipinski definition) is 1. The average Bonchev–Trinajstić information content (AvgIpc) is 1.86. The second-order valence-electron chi connectivity index (χ2n) is 2.58. The molecule has 10 heavy (non-hydrogen) atoms. The van der Waals surface area contributed by atoms with Crippen molar-refractivity contribution in [3.63, 3.8) is 0 Å². The van der Waals surface area contributed by atoms with Gasteiger partial charge in [-0.25, -0.2) is 0 Å². The lowest BCUT2D eigenvalue weighted by molar-refractivity contribution is 0.382. The minimum atomic E-state index is 0.577. The Labute approximate surface area is 60.3 Å². The zero-order valence-electron chi connectivity index (χ0n) is 5.75. The maximum absolute atomic E-state index is 4.05. The standard InChI is InChI=1S/C8H10N2/c1-2-7(6-9-4-1)8-3-5-10-8/h1-2,4,6,8,10H,3,5H2/t8-/m1/s1. The first kappa shape index (κ1) is 5.86. The van der Waals surface area contributed by atoms with Gasteiger partial charge in [0.2, 0.25) is 0 Å². The molecular formula is C8H10N2. The summed E-state index contributed by atoms with van der Waals surface area (Å²) in [6, 6.07) is 4.67. The van der Waals surface area contributed by atoms with Gasteiger partial charge in [-0.05, 0) is 24.6 Å². The Morgan fingerprint density at radius 1 is 1.60 bits per heavy atom. The van der Waals surface area contributed by atoms with Gasteiger partial charge in [0.15, 0.2) is 0 Å². The van der Waals surface area contributed by atoms with E-state index in [1.54, 1.807) is 0 Å². The van der Waals surface area contributed by atoms with Crippen LogP contribution in [0.15, 0.2) is 24.5 Å². The molecule has 0 saturated carbocycles. The highest BCUT2D eigenvalue weighted by Crippen LogP contribution is 2.20. The smallest absolute Gasteiger partial charge is 0.0347 e. The van der Waals surface area contributed by atoms with Crippen LogP contribution in [0.5, 0.6) is 0 Å². The molecule has 52 valence electrons. The van der Waals surface area contributed by atoms with Crippen molar-refractivity contribution in [2.75, 3.05) is 6.54 Å². The molecule has 2 rings (SSSR count). The van der Waals surface area contributed by atoms with E-state index in [9.17, 15) is 0 Å². The Hall–Kier alpha value is -0.890. The van der Waals surface area contributed by atoms with Crippen molar-refractivity contribution in [1.82, 2.24) is 10.3 Å². The molecule has 1 aliphatic rings. The molecule has 0 amide bonds. The number of nitrogens with one attached hydrogen (secondary N) is 1. The summed E-state index contributed by atoms with van der Waals surface area (Å²) in [7, 11) is 0. The molecule has 0 aromatic carbocycles. The molecule has 1 aromatic rings. The van der Waals surface area contributed by atoms with Gasteiger partial charge in [-0.15, -0.1) is 0 Å². The van der Waals surface area contributed by atoms with Gasteiger partial charge in [0.05, 0.1) is 0 Å². The normalized spacial score (nSPS) is 23.8. The summed E-state index contributed by atoms with van der Waals surface area (Å²) in [4.78, 5) is 4.05. The van der Waals surface area contributed by atoms with E-state index in [2.05, 4.69) is 16.4 Å². The predicted molar refractivity (Wildman–Crippen MR) is 39.6 cm³/mol. The van der Waals surface area contributed by atoms with Crippen molar-refractivity contribution < 1.29 is 0 Å². The van der Waals surface area contributed by atoms with Crippen molar-refractivity contribution >= 4 is 0 Å². The summed E-state index contributed by atoms with van der Waals surface area (Å²) >= 11 is 0. The molecule has 1 fully saturated rings. The van der Waals surface area contributed by atoms with Crippen LogP contribution in [-0.4, -0.2) is 11.5 Å². The third-order valence-corrected chi connectivity index (χ3v) is 1.91. The fraction of sp³-hybridized carbons (Fsp3) is 0.375. The highest BCUT2D eigenvalue weighted by molar-refractivity contribution is 5.15. The van der Waals surface area contributed by atoms with E-state index in [4.69, 9.17) is 0 Å². The molecule has 1 atom stereocenters. The molecule has 2 heterocycles. The second-order valence-corrected chi connectivity index (χ2v) is 2.58.